The molecule has 2 heterocycles. The van der Waals surface area contributed by atoms with Crippen molar-refractivity contribution in [3.63, 3.8) is 0 Å². The molecule has 3 rings (SSSR count). The third-order valence-electron chi connectivity index (χ3n) is 4.28. The summed E-state index contributed by atoms with van der Waals surface area (Å²) in [7, 11) is 3.55. The number of carbonyl (C=O) groups is 1. The van der Waals surface area contributed by atoms with Gasteiger partial charge in [-0.2, -0.15) is 5.10 Å². The van der Waals surface area contributed by atoms with Crippen LogP contribution in [-0.2, 0) is 14.1 Å². The van der Waals surface area contributed by atoms with Crippen LogP contribution in [0.1, 0.15) is 28.7 Å². The minimum atomic E-state index is -0.642. The van der Waals surface area contributed by atoms with Gasteiger partial charge in [0.05, 0.1) is 11.8 Å². The molecular formula is C19H21FN4O2. The number of nitrogens with zero attached hydrogens (tertiary/aromatic N) is 3. The van der Waals surface area contributed by atoms with E-state index >= 15 is 0 Å². The van der Waals surface area contributed by atoms with Crippen LogP contribution >= 0.6 is 0 Å². The zero-order chi connectivity index (χ0) is 18.7. The average molecular weight is 356 g/mol. The van der Waals surface area contributed by atoms with Gasteiger partial charge in [0, 0.05) is 38.1 Å². The first-order valence-electron chi connectivity index (χ1n) is 8.33. The number of aliphatic hydroxyl groups excluding tert-OH is 1. The molecule has 2 N–H and O–H groups in total. The van der Waals surface area contributed by atoms with Gasteiger partial charge in [-0.3, -0.25) is 9.48 Å². The molecular weight excluding hydrogens is 335 g/mol. The van der Waals surface area contributed by atoms with Gasteiger partial charge < -0.3 is 15.0 Å². The highest BCUT2D eigenvalue weighted by molar-refractivity contribution is 5.93. The monoisotopic (exact) mass is 356 g/mol. The van der Waals surface area contributed by atoms with Gasteiger partial charge >= 0.3 is 0 Å². The Hall–Kier alpha value is -2.93. The average Bonchev–Trinajstić information content (AvgIpc) is 3.21. The van der Waals surface area contributed by atoms with Crippen LogP contribution in [0.25, 0.3) is 11.3 Å². The number of halogens is 1. The van der Waals surface area contributed by atoms with E-state index in [1.807, 2.05) is 29.9 Å². The van der Waals surface area contributed by atoms with Crippen molar-refractivity contribution in [2.45, 2.75) is 12.5 Å². The van der Waals surface area contributed by atoms with Crippen LogP contribution in [0.2, 0.25) is 0 Å². The zero-order valence-corrected chi connectivity index (χ0v) is 14.7. The first kappa shape index (κ1) is 17.9. The van der Waals surface area contributed by atoms with Crippen molar-refractivity contribution in [3.8, 4) is 11.3 Å². The van der Waals surface area contributed by atoms with Crippen LogP contribution in [0.15, 0.2) is 48.7 Å². The van der Waals surface area contributed by atoms with E-state index in [0.29, 0.717) is 24.4 Å². The van der Waals surface area contributed by atoms with E-state index in [1.54, 1.807) is 25.2 Å². The van der Waals surface area contributed by atoms with Crippen LogP contribution in [0.4, 0.5) is 4.39 Å². The molecule has 0 unspecified atom stereocenters. The molecule has 136 valence electrons. The summed E-state index contributed by atoms with van der Waals surface area (Å²) in [6, 6.07) is 11.3. The van der Waals surface area contributed by atoms with Gasteiger partial charge in [0.2, 0.25) is 0 Å². The van der Waals surface area contributed by atoms with Crippen LogP contribution in [0, 0.1) is 5.82 Å². The van der Waals surface area contributed by atoms with Crippen molar-refractivity contribution >= 4 is 5.91 Å². The predicted octanol–water partition coefficient (Wildman–Crippen LogP) is 2.42. The molecule has 0 radical (unpaired) electrons. The van der Waals surface area contributed by atoms with E-state index in [0.717, 1.165) is 11.3 Å². The quantitative estimate of drug-likeness (QED) is 0.712. The number of aromatic nitrogens is 3. The lowest BCUT2D eigenvalue weighted by molar-refractivity contribution is 0.0932. The van der Waals surface area contributed by atoms with E-state index in [4.69, 9.17) is 0 Å². The third kappa shape index (κ3) is 3.83. The molecule has 2 aromatic heterocycles. The molecule has 0 aliphatic rings. The number of benzene rings is 1. The lowest BCUT2D eigenvalue weighted by Gasteiger charge is -2.12. The van der Waals surface area contributed by atoms with Crippen molar-refractivity contribution < 1.29 is 14.3 Å². The standard InChI is InChI=1S/C19H21FN4O2/c1-23-11-3-4-16(23)18(25)9-10-21-19(26)17-12-15(22-24(17)2)13-5-7-14(20)8-6-13/h3-8,11-12,18,25H,9-10H2,1-2H3,(H,21,26)/t18-/m1/s1. The summed E-state index contributed by atoms with van der Waals surface area (Å²) < 4.78 is 16.4. The van der Waals surface area contributed by atoms with Gasteiger partial charge in [-0.25, -0.2) is 4.39 Å². The summed E-state index contributed by atoms with van der Waals surface area (Å²) in [6.45, 7) is 0.336. The van der Waals surface area contributed by atoms with Gasteiger partial charge in [-0.05, 0) is 48.9 Å². The maximum atomic E-state index is 13.0. The maximum Gasteiger partial charge on any atom is 0.269 e. The first-order chi connectivity index (χ1) is 12.5. The smallest absolute Gasteiger partial charge is 0.269 e. The molecule has 7 heteroatoms. The molecule has 6 nitrogen and oxygen atoms in total. The topological polar surface area (TPSA) is 72.1 Å². The second-order valence-corrected chi connectivity index (χ2v) is 6.15. The molecule has 0 fully saturated rings. The van der Waals surface area contributed by atoms with Crippen molar-refractivity contribution in [1.29, 1.82) is 0 Å². The molecule has 0 aliphatic carbocycles. The summed E-state index contributed by atoms with van der Waals surface area (Å²) in [5.41, 5.74) is 2.54. The number of hydrogen-bond donors (Lipinski definition) is 2. The SMILES string of the molecule is Cn1cccc1[C@H](O)CCNC(=O)c1cc(-c2ccc(F)cc2)nn1C. The summed E-state index contributed by atoms with van der Waals surface area (Å²) in [4.78, 5) is 12.4. The van der Waals surface area contributed by atoms with E-state index in [-0.39, 0.29) is 11.7 Å². The van der Waals surface area contributed by atoms with Crippen LogP contribution < -0.4 is 5.32 Å². The summed E-state index contributed by atoms with van der Waals surface area (Å²) >= 11 is 0. The van der Waals surface area contributed by atoms with E-state index < -0.39 is 6.10 Å². The molecule has 26 heavy (non-hydrogen) atoms. The summed E-state index contributed by atoms with van der Waals surface area (Å²) in [6.07, 6.45) is 1.63. The number of amides is 1. The van der Waals surface area contributed by atoms with Gasteiger partial charge in [0.1, 0.15) is 11.5 Å². The van der Waals surface area contributed by atoms with Crippen LogP contribution in [0.5, 0.6) is 0 Å². The molecule has 1 aromatic carbocycles. The van der Waals surface area contributed by atoms with E-state index in [1.165, 1.54) is 16.8 Å². The molecule has 3 aromatic rings. The van der Waals surface area contributed by atoms with Crippen LogP contribution in [0.3, 0.4) is 0 Å². The Balaban J connectivity index is 1.61. The lowest BCUT2D eigenvalue weighted by Crippen LogP contribution is -2.27. The number of nitrogens with one attached hydrogen (secondary N) is 1. The Bertz CT molecular complexity index is 899. The molecule has 0 saturated heterocycles. The normalized spacial score (nSPS) is 12.2. The van der Waals surface area contributed by atoms with Crippen LogP contribution in [-0.4, -0.2) is 31.9 Å². The summed E-state index contributed by atoms with van der Waals surface area (Å²) in [5.74, 6) is -0.591. The number of aryl methyl sites for hydroxylation is 2. The largest absolute Gasteiger partial charge is 0.387 e. The second-order valence-electron chi connectivity index (χ2n) is 6.15. The Morgan fingerprint density at radius 2 is 2.00 bits per heavy atom. The second kappa shape index (κ2) is 7.53. The maximum absolute atomic E-state index is 13.0. The van der Waals surface area contributed by atoms with Gasteiger partial charge in [-0.1, -0.05) is 0 Å². The number of carbonyl (C=O) groups excluding carboxylic acids is 1. The highest BCUT2D eigenvalue weighted by Gasteiger charge is 2.15. The predicted molar refractivity (Wildman–Crippen MR) is 95.9 cm³/mol. The molecule has 0 saturated carbocycles. The molecule has 0 aliphatic heterocycles. The Labute approximate surface area is 150 Å². The third-order valence-corrected chi connectivity index (χ3v) is 4.28. The lowest BCUT2D eigenvalue weighted by atomic mass is 10.1. The minimum absolute atomic E-state index is 0.271. The number of hydrogen-bond acceptors (Lipinski definition) is 3. The molecule has 1 amide bonds. The number of rotatable bonds is 6. The van der Waals surface area contributed by atoms with Crippen molar-refractivity contribution in [2.24, 2.45) is 14.1 Å². The highest BCUT2D eigenvalue weighted by Crippen LogP contribution is 2.19. The van der Waals surface area contributed by atoms with Gasteiger partial charge in [-0.15, -0.1) is 0 Å². The van der Waals surface area contributed by atoms with Crippen molar-refractivity contribution in [1.82, 2.24) is 19.7 Å². The number of aliphatic hydroxyl groups is 1. The highest BCUT2D eigenvalue weighted by atomic mass is 19.1. The Morgan fingerprint density at radius 3 is 2.65 bits per heavy atom. The van der Waals surface area contributed by atoms with Gasteiger partial charge in [0.25, 0.3) is 5.91 Å². The molecule has 1 atom stereocenters. The van der Waals surface area contributed by atoms with E-state index in [9.17, 15) is 14.3 Å². The zero-order valence-electron chi connectivity index (χ0n) is 14.7. The Morgan fingerprint density at radius 1 is 1.27 bits per heavy atom. The molecule has 0 spiro atoms. The van der Waals surface area contributed by atoms with E-state index in [2.05, 4.69) is 10.4 Å². The fourth-order valence-corrected chi connectivity index (χ4v) is 2.82. The fourth-order valence-electron chi connectivity index (χ4n) is 2.82. The summed E-state index contributed by atoms with van der Waals surface area (Å²) in [5, 5.41) is 17.3. The van der Waals surface area contributed by atoms with Crippen molar-refractivity contribution in [2.75, 3.05) is 6.54 Å². The Kier molecular flexibility index (Phi) is 5.18. The van der Waals surface area contributed by atoms with Gasteiger partial charge in [0.15, 0.2) is 0 Å². The van der Waals surface area contributed by atoms with Crippen molar-refractivity contribution in [3.05, 3.63) is 65.9 Å². The molecule has 0 bridgehead atoms. The minimum Gasteiger partial charge on any atom is -0.387 e. The first-order valence-corrected chi connectivity index (χ1v) is 8.33. The fraction of sp³-hybridized carbons (Fsp3) is 0.263.